The number of fused-ring (bicyclic) bond motifs is 1. The number of piperidine rings is 1. The van der Waals surface area contributed by atoms with E-state index >= 15 is 0 Å². The van der Waals surface area contributed by atoms with Gasteiger partial charge in [0.15, 0.2) is 6.29 Å². The summed E-state index contributed by atoms with van der Waals surface area (Å²) in [5, 5.41) is 15.8. The van der Waals surface area contributed by atoms with Crippen molar-refractivity contribution in [2.24, 2.45) is 5.92 Å². The Morgan fingerprint density at radius 3 is 2.40 bits per heavy atom. The van der Waals surface area contributed by atoms with Crippen LogP contribution in [0.15, 0.2) is 85.5 Å². The number of amides is 2. The second kappa shape index (κ2) is 17.2. The lowest BCUT2D eigenvalue weighted by atomic mass is 9.75. The third-order valence-electron chi connectivity index (χ3n) is 10.6. The molecule has 2 amide bonds. The van der Waals surface area contributed by atoms with Crippen molar-refractivity contribution >= 4 is 12.0 Å². The Hall–Kier alpha value is -4.02. The van der Waals surface area contributed by atoms with Gasteiger partial charge in [0.05, 0.1) is 24.9 Å². The molecule has 2 heterocycles. The summed E-state index contributed by atoms with van der Waals surface area (Å²) in [4.78, 5) is 28.4. The zero-order chi connectivity index (χ0) is 36.7. The highest BCUT2D eigenvalue weighted by atomic mass is 16.7. The number of benzene rings is 3. The largest absolute Gasteiger partial charge is 0.445 e. The molecule has 0 bridgehead atoms. The van der Waals surface area contributed by atoms with Gasteiger partial charge in [0.25, 0.3) is 0 Å². The van der Waals surface area contributed by atoms with Crippen LogP contribution in [0.4, 0.5) is 4.79 Å². The molecule has 2 saturated heterocycles. The Balaban J connectivity index is 1.25. The van der Waals surface area contributed by atoms with E-state index in [0.717, 1.165) is 52.6 Å². The van der Waals surface area contributed by atoms with E-state index in [2.05, 4.69) is 46.4 Å². The van der Waals surface area contributed by atoms with Crippen molar-refractivity contribution in [3.63, 3.8) is 0 Å². The van der Waals surface area contributed by atoms with Crippen LogP contribution in [0.3, 0.4) is 0 Å². The van der Waals surface area contributed by atoms with E-state index < -0.39 is 12.4 Å². The highest BCUT2D eigenvalue weighted by Gasteiger charge is 2.44. The fraction of sp³-hybridized carbons (Fsp3) is 0.488. The summed E-state index contributed by atoms with van der Waals surface area (Å²) in [7, 11) is 0. The Morgan fingerprint density at radius 2 is 1.67 bits per heavy atom. The molecule has 0 aromatic heterocycles. The molecule has 9 heteroatoms. The summed E-state index contributed by atoms with van der Waals surface area (Å²) in [6.07, 6.45) is 7.42. The van der Waals surface area contributed by atoms with Gasteiger partial charge in [-0.25, -0.2) is 4.79 Å². The number of carbonyl (C=O) groups is 2. The van der Waals surface area contributed by atoms with Gasteiger partial charge in [0.2, 0.25) is 5.91 Å². The van der Waals surface area contributed by atoms with E-state index in [1.807, 2.05) is 69.3 Å². The minimum Gasteiger partial charge on any atom is -0.445 e. The molecule has 0 radical (unpaired) electrons. The van der Waals surface area contributed by atoms with Crippen molar-refractivity contribution in [3.8, 4) is 11.1 Å². The zero-order valence-corrected chi connectivity index (χ0v) is 30.9. The molecule has 3 aromatic carbocycles. The number of nitrogens with one attached hydrogen (secondary N) is 2. The average molecular weight is 710 g/mol. The number of aliphatic hydroxyl groups excluding tert-OH is 1. The maximum atomic E-state index is 13.8. The molecule has 6 rings (SSSR count). The first-order chi connectivity index (χ1) is 25.1. The first-order valence-corrected chi connectivity index (χ1v) is 18.9. The fourth-order valence-electron chi connectivity index (χ4n) is 8.12. The van der Waals surface area contributed by atoms with Crippen molar-refractivity contribution < 1.29 is 28.9 Å². The molecule has 3 aromatic rings. The number of carbonyl (C=O) groups excluding carboxylic acids is 2. The molecule has 2 aliphatic heterocycles. The van der Waals surface area contributed by atoms with Crippen LogP contribution in [0.25, 0.3) is 11.1 Å². The fourth-order valence-corrected chi connectivity index (χ4v) is 8.12. The Labute approximate surface area is 308 Å². The zero-order valence-electron chi connectivity index (χ0n) is 30.9. The third kappa shape index (κ3) is 9.50. The number of hydrogen-bond acceptors (Lipinski definition) is 7. The molecule has 1 saturated carbocycles. The molecule has 6 atom stereocenters. The lowest BCUT2D eigenvalue weighted by molar-refractivity contribution is -0.255. The van der Waals surface area contributed by atoms with Crippen molar-refractivity contribution in [3.05, 3.63) is 108 Å². The van der Waals surface area contributed by atoms with Crippen LogP contribution in [0, 0.1) is 5.92 Å². The first kappa shape index (κ1) is 37.7. The molecule has 9 nitrogen and oxygen atoms in total. The van der Waals surface area contributed by atoms with Crippen molar-refractivity contribution in [2.75, 3.05) is 13.2 Å². The summed E-state index contributed by atoms with van der Waals surface area (Å²) in [6.45, 7) is 10.8. The Kier molecular flexibility index (Phi) is 12.5. The van der Waals surface area contributed by atoms with E-state index in [-0.39, 0.29) is 42.9 Å². The molecular formula is C43H55N3O6. The maximum Gasteiger partial charge on any atom is 0.407 e. The van der Waals surface area contributed by atoms with Crippen LogP contribution in [-0.4, -0.2) is 58.9 Å². The molecule has 3 fully saturated rings. The molecule has 1 aliphatic carbocycles. The molecule has 0 spiro atoms. The summed E-state index contributed by atoms with van der Waals surface area (Å²) >= 11 is 0. The van der Waals surface area contributed by atoms with E-state index in [1.54, 1.807) is 0 Å². The van der Waals surface area contributed by atoms with Crippen LogP contribution in [-0.2, 0) is 32.2 Å². The van der Waals surface area contributed by atoms with Crippen molar-refractivity contribution in [1.29, 1.82) is 0 Å². The van der Waals surface area contributed by atoms with E-state index in [9.17, 15) is 14.7 Å². The monoisotopic (exact) mass is 709 g/mol. The highest BCUT2D eigenvalue weighted by molar-refractivity contribution is 5.82. The smallest absolute Gasteiger partial charge is 0.407 e. The van der Waals surface area contributed by atoms with Gasteiger partial charge >= 0.3 is 6.09 Å². The molecule has 3 N–H and O–H groups in total. The minimum atomic E-state index is -0.611. The van der Waals surface area contributed by atoms with Gasteiger partial charge in [-0.2, -0.15) is 0 Å². The minimum absolute atomic E-state index is 0.0133. The average Bonchev–Trinajstić information content (AvgIpc) is 3.15. The van der Waals surface area contributed by atoms with E-state index in [4.69, 9.17) is 14.2 Å². The van der Waals surface area contributed by atoms with Gasteiger partial charge < -0.3 is 30.0 Å². The van der Waals surface area contributed by atoms with Crippen LogP contribution in [0.1, 0.15) is 100 Å². The molecule has 0 unspecified atom stereocenters. The van der Waals surface area contributed by atoms with Crippen LogP contribution in [0.5, 0.6) is 0 Å². The van der Waals surface area contributed by atoms with Gasteiger partial charge in [-0.05, 0) is 80.2 Å². The maximum absolute atomic E-state index is 13.8. The first-order valence-electron chi connectivity index (χ1n) is 18.9. The standard InChI is InChI=1S/C43H55N3O6/c1-5-24-50-42(49)44-26-34-11-6-8-12-36(34)30-18-20-33(21-19-30)41-51-35(25-39(52-41)32-16-14-29(28-47)15-17-32)27-46-37-13-9-7-10-31(37)22-23-38(46)40(48)45-43(2,3)4/h5-6,8,11-12,14-21,31,35,37-39,41,47H,1,7,9-10,13,22-28H2,2-4H3,(H,44,49)(H,45,48)/t31-,35+,37-,38-,39-,41-/m1/s1. The molecular weight excluding hydrogens is 654 g/mol. The van der Waals surface area contributed by atoms with E-state index in [0.29, 0.717) is 31.5 Å². The lowest BCUT2D eigenvalue weighted by Crippen LogP contribution is -2.61. The second-order valence-corrected chi connectivity index (χ2v) is 15.5. The summed E-state index contributed by atoms with van der Waals surface area (Å²) in [5.74, 6) is 0.712. The lowest BCUT2D eigenvalue weighted by Gasteiger charge is -2.50. The number of alkyl carbamates (subject to hydrolysis) is 1. The second-order valence-electron chi connectivity index (χ2n) is 15.5. The van der Waals surface area contributed by atoms with Crippen LogP contribution < -0.4 is 10.6 Å². The van der Waals surface area contributed by atoms with Gasteiger partial charge in [-0.3, -0.25) is 9.69 Å². The third-order valence-corrected chi connectivity index (χ3v) is 10.6. The van der Waals surface area contributed by atoms with Crippen LogP contribution in [0.2, 0.25) is 0 Å². The number of hydrogen-bond donors (Lipinski definition) is 3. The Bertz CT molecular complexity index is 1650. The molecule has 52 heavy (non-hydrogen) atoms. The SMILES string of the molecule is C=CCOC(=O)NCc1ccccc1-c1ccc([C@@H]2O[C@H](CN3[C@@H](C(=O)NC(C)(C)C)CC[C@H]4CCCC[C@H]43)C[C@H](c3ccc(CO)cc3)O2)cc1. The normalized spacial score (nSPS) is 25.1. The Morgan fingerprint density at radius 1 is 0.942 bits per heavy atom. The summed E-state index contributed by atoms with van der Waals surface area (Å²) in [6, 6.07) is 24.3. The predicted octanol–water partition coefficient (Wildman–Crippen LogP) is 7.74. The van der Waals surface area contributed by atoms with E-state index in [1.165, 1.54) is 25.3 Å². The number of aliphatic hydroxyl groups is 1. The van der Waals surface area contributed by atoms with Crippen molar-refractivity contribution in [2.45, 2.75) is 115 Å². The van der Waals surface area contributed by atoms with Gasteiger partial charge in [-0.15, -0.1) is 0 Å². The van der Waals surface area contributed by atoms with Crippen LogP contribution >= 0.6 is 0 Å². The van der Waals surface area contributed by atoms with Gasteiger partial charge in [0.1, 0.15) is 6.61 Å². The number of nitrogens with zero attached hydrogens (tertiary/aromatic N) is 1. The quantitative estimate of drug-likeness (QED) is 0.175. The van der Waals surface area contributed by atoms with Gasteiger partial charge in [-0.1, -0.05) is 98.3 Å². The highest BCUT2D eigenvalue weighted by Crippen LogP contribution is 2.42. The van der Waals surface area contributed by atoms with Gasteiger partial charge in [0, 0.05) is 36.7 Å². The number of rotatable bonds is 11. The number of likely N-dealkylation sites (tertiary alicyclic amines) is 1. The number of ether oxygens (including phenoxy) is 3. The molecule has 278 valence electrons. The summed E-state index contributed by atoms with van der Waals surface area (Å²) in [5.41, 5.74) is 5.48. The predicted molar refractivity (Wildman–Crippen MR) is 202 cm³/mol. The van der Waals surface area contributed by atoms with Crippen molar-refractivity contribution in [1.82, 2.24) is 15.5 Å². The topological polar surface area (TPSA) is 109 Å². The summed E-state index contributed by atoms with van der Waals surface area (Å²) < 4.78 is 18.6. The molecule has 3 aliphatic rings.